The first-order valence-electron chi connectivity index (χ1n) is 5.73. The van der Waals surface area contributed by atoms with Crippen molar-refractivity contribution in [2.24, 2.45) is 0 Å². The van der Waals surface area contributed by atoms with Gasteiger partial charge in [0.15, 0.2) is 0 Å². The Kier molecular flexibility index (Phi) is 3.76. The van der Waals surface area contributed by atoms with Crippen molar-refractivity contribution in [3.63, 3.8) is 0 Å². The first-order chi connectivity index (χ1) is 7.84. The maximum Gasteiger partial charge on any atom is 0.309 e. The fourth-order valence-corrected chi connectivity index (χ4v) is 1.86. The summed E-state index contributed by atoms with van der Waals surface area (Å²) in [6.07, 6.45) is 7.12. The van der Waals surface area contributed by atoms with Crippen LogP contribution in [0.15, 0.2) is 42.5 Å². The van der Waals surface area contributed by atoms with Crippen molar-refractivity contribution >= 4 is 5.97 Å². The van der Waals surface area contributed by atoms with E-state index in [1.54, 1.807) is 0 Å². The number of aryl methyl sites for hydroxylation is 1. The lowest BCUT2D eigenvalue weighted by atomic mass is 10.1. The molecule has 0 saturated carbocycles. The number of benzene rings is 1. The second kappa shape index (κ2) is 5.50. The van der Waals surface area contributed by atoms with Gasteiger partial charge >= 0.3 is 5.97 Å². The van der Waals surface area contributed by atoms with E-state index in [9.17, 15) is 4.79 Å². The summed E-state index contributed by atoms with van der Waals surface area (Å²) in [5.41, 5.74) is 1.30. The summed E-state index contributed by atoms with van der Waals surface area (Å²) in [5, 5.41) is 0. The van der Waals surface area contributed by atoms with Gasteiger partial charge in [-0.1, -0.05) is 42.5 Å². The first kappa shape index (κ1) is 10.9. The van der Waals surface area contributed by atoms with E-state index in [0.29, 0.717) is 6.42 Å². The Bertz CT molecular complexity index is 368. The maximum absolute atomic E-state index is 11.2. The molecule has 0 N–H and O–H groups in total. The van der Waals surface area contributed by atoms with Gasteiger partial charge in [-0.25, -0.2) is 0 Å². The molecule has 1 aliphatic rings. The maximum atomic E-state index is 11.2. The van der Waals surface area contributed by atoms with E-state index < -0.39 is 0 Å². The van der Waals surface area contributed by atoms with E-state index in [1.807, 2.05) is 30.4 Å². The van der Waals surface area contributed by atoms with Gasteiger partial charge < -0.3 is 4.74 Å². The van der Waals surface area contributed by atoms with Crippen LogP contribution in [0.2, 0.25) is 0 Å². The number of carbonyl (C=O) groups is 1. The molecular formula is C14H16O2. The van der Waals surface area contributed by atoms with Gasteiger partial charge in [0.1, 0.15) is 6.10 Å². The Morgan fingerprint density at radius 3 is 2.81 bits per heavy atom. The first-order valence-corrected chi connectivity index (χ1v) is 5.73. The number of esters is 1. The molecule has 0 aliphatic carbocycles. The van der Waals surface area contributed by atoms with Crippen LogP contribution < -0.4 is 0 Å². The summed E-state index contributed by atoms with van der Waals surface area (Å²) >= 11 is 0. The van der Waals surface area contributed by atoms with E-state index in [4.69, 9.17) is 4.74 Å². The Labute approximate surface area is 95.9 Å². The van der Waals surface area contributed by atoms with Gasteiger partial charge in [-0.15, -0.1) is 0 Å². The number of hydrogen-bond acceptors (Lipinski definition) is 2. The second-order valence-electron chi connectivity index (χ2n) is 4.05. The molecule has 0 radical (unpaired) electrons. The highest BCUT2D eigenvalue weighted by atomic mass is 16.5. The van der Waals surface area contributed by atoms with Gasteiger partial charge in [-0.2, -0.15) is 0 Å². The quantitative estimate of drug-likeness (QED) is 0.573. The summed E-state index contributed by atoms with van der Waals surface area (Å²) in [6.45, 7) is 0. The minimum Gasteiger partial charge on any atom is -0.462 e. The molecule has 2 nitrogen and oxygen atoms in total. The molecular weight excluding hydrogens is 200 g/mol. The predicted octanol–water partition coefficient (Wildman–Crippen LogP) is 2.88. The largest absolute Gasteiger partial charge is 0.462 e. The van der Waals surface area contributed by atoms with Crippen LogP contribution in [-0.2, 0) is 16.0 Å². The Hall–Kier alpha value is -1.57. The molecule has 1 atom stereocenters. The van der Waals surface area contributed by atoms with Crippen molar-refractivity contribution in [1.82, 2.24) is 0 Å². The Morgan fingerprint density at radius 2 is 2.00 bits per heavy atom. The molecule has 0 fully saturated rings. The zero-order valence-corrected chi connectivity index (χ0v) is 9.26. The Morgan fingerprint density at radius 1 is 1.19 bits per heavy atom. The van der Waals surface area contributed by atoms with Gasteiger partial charge in [0.2, 0.25) is 0 Å². The zero-order chi connectivity index (χ0) is 11.2. The normalized spacial score (nSPS) is 20.2. The Balaban J connectivity index is 1.85. The minimum absolute atomic E-state index is 0.0476. The lowest BCUT2D eigenvalue weighted by Gasteiger charge is -2.14. The molecule has 0 bridgehead atoms. The van der Waals surface area contributed by atoms with Crippen LogP contribution in [0.5, 0.6) is 0 Å². The van der Waals surface area contributed by atoms with Crippen LogP contribution >= 0.6 is 0 Å². The van der Waals surface area contributed by atoms with Crippen LogP contribution in [0.4, 0.5) is 0 Å². The molecule has 2 rings (SSSR count). The number of ether oxygens (including phenoxy) is 1. The molecule has 1 aromatic rings. The highest BCUT2D eigenvalue weighted by Gasteiger charge is 2.14. The van der Waals surface area contributed by atoms with Crippen LogP contribution in [0.25, 0.3) is 0 Å². The van der Waals surface area contributed by atoms with Crippen molar-refractivity contribution in [1.29, 1.82) is 0 Å². The number of carbonyl (C=O) groups excluding carboxylic acids is 1. The molecule has 2 heteroatoms. The van der Waals surface area contributed by atoms with Gasteiger partial charge in [-0.3, -0.25) is 4.79 Å². The third-order valence-electron chi connectivity index (χ3n) is 2.75. The van der Waals surface area contributed by atoms with Crippen molar-refractivity contribution < 1.29 is 9.53 Å². The number of cyclic esters (lactones) is 1. The SMILES string of the molecule is O=C1CC=CCC(CCc2ccccc2)O1. The van der Waals surface area contributed by atoms with E-state index in [-0.39, 0.29) is 12.1 Å². The van der Waals surface area contributed by atoms with Gasteiger partial charge in [0, 0.05) is 6.42 Å². The number of hydrogen-bond donors (Lipinski definition) is 0. The molecule has 1 aliphatic heterocycles. The second-order valence-corrected chi connectivity index (χ2v) is 4.05. The van der Waals surface area contributed by atoms with E-state index in [1.165, 1.54) is 5.56 Å². The average Bonchev–Trinajstić information content (AvgIpc) is 2.52. The van der Waals surface area contributed by atoms with E-state index >= 15 is 0 Å². The molecule has 0 saturated heterocycles. The summed E-state index contributed by atoms with van der Waals surface area (Å²) in [4.78, 5) is 11.2. The van der Waals surface area contributed by atoms with E-state index in [0.717, 1.165) is 19.3 Å². The lowest BCUT2D eigenvalue weighted by molar-refractivity contribution is -0.147. The van der Waals surface area contributed by atoms with E-state index in [2.05, 4.69) is 12.1 Å². The smallest absolute Gasteiger partial charge is 0.309 e. The fraction of sp³-hybridized carbons (Fsp3) is 0.357. The van der Waals surface area contributed by atoms with Crippen LogP contribution in [0.3, 0.4) is 0 Å². The van der Waals surface area contributed by atoms with Crippen LogP contribution in [-0.4, -0.2) is 12.1 Å². The molecule has 1 heterocycles. The lowest BCUT2D eigenvalue weighted by Crippen LogP contribution is -2.16. The summed E-state index contributed by atoms with van der Waals surface area (Å²) in [6, 6.07) is 10.3. The molecule has 0 spiro atoms. The van der Waals surface area contributed by atoms with Gasteiger partial charge in [-0.05, 0) is 18.4 Å². The summed E-state index contributed by atoms with van der Waals surface area (Å²) in [7, 11) is 0. The van der Waals surface area contributed by atoms with Crippen molar-refractivity contribution in [3.8, 4) is 0 Å². The minimum atomic E-state index is -0.105. The molecule has 0 amide bonds. The fourth-order valence-electron chi connectivity index (χ4n) is 1.86. The molecule has 0 aromatic heterocycles. The van der Waals surface area contributed by atoms with Gasteiger partial charge in [0.05, 0.1) is 6.42 Å². The van der Waals surface area contributed by atoms with Crippen molar-refractivity contribution in [2.75, 3.05) is 0 Å². The molecule has 84 valence electrons. The van der Waals surface area contributed by atoms with Crippen LogP contribution in [0.1, 0.15) is 24.8 Å². The monoisotopic (exact) mass is 216 g/mol. The highest BCUT2D eigenvalue weighted by Crippen LogP contribution is 2.14. The molecule has 1 unspecified atom stereocenters. The summed E-state index contributed by atoms with van der Waals surface area (Å²) in [5.74, 6) is -0.105. The zero-order valence-electron chi connectivity index (χ0n) is 9.26. The van der Waals surface area contributed by atoms with Crippen molar-refractivity contribution in [2.45, 2.75) is 31.8 Å². The summed E-state index contributed by atoms with van der Waals surface area (Å²) < 4.78 is 5.33. The topological polar surface area (TPSA) is 26.3 Å². The number of rotatable bonds is 3. The average molecular weight is 216 g/mol. The highest BCUT2D eigenvalue weighted by molar-refractivity contribution is 5.71. The van der Waals surface area contributed by atoms with Gasteiger partial charge in [0.25, 0.3) is 0 Å². The third-order valence-corrected chi connectivity index (χ3v) is 2.75. The third kappa shape index (κ3) is 3.23. The standard InChI is InChI=1S/C14H16O2/c15-14-9-5-4-8-13(16-14)11-10-12-6-2-1-3-7-12/h1-7,13H,8-11H2. The molecule has 16 heavy (non-hydrogen) atoms. The van der Waals surface area contributed by atoms with Crippen molar-refractivity contribution in [3.05, 3.63) is 48.0 Å². The molecule has 1 aromatic carbocycles. The predicted molar refractivity (Wildman–Crippen MR) is 63.0 cm³/mol. The van der Waals surface area contributed by atoms with Crippen LogP contribution in [0, 0.1) is 0 Å².